The predicted octanol–water partition coefficient (Wildman–Crippen LogP) is 4.26. The van der Waals surface area contributed by atoms with Gasteiger partial charge in [0.05, 0.1) is 5.92 Å². The number of aliphatic carboxylic acids is 1. The van der Waals surface area contributed by atoms with Gasteiger partial charge in [0, 0.05) is 18.5 Å². The lowest BCUT2D eigenvalue weighted by Gasteiger charge is -2.40. The number of rotatable bonds is 6. The molecule has 2 amide bonds. The number of hydrogen-bond acceptors (Lipinski definition) is 4. The summed E-state index contributed by atoms with van der Waals surface area (Å²) >= 11 is 0. The molecular weight excluding hydrogens is 432 g/mol. The molecule has 180 valence electrons. The summed E-state index contributed by atoms with van der Waals surface area (Å²) in [6.45, 7) is 6.13. The molecule has 0 unspecified atom stereocenters. The highest BCUT2D eigenvalue weighted by Crippen LogP contribution is 2.44. The molecule has 0 saturated carbocycles. The van der Waals surface area contributed by atoms with Crippen molar-refractivity contribution < 1.29 is 24.2 Å². The third kappa shape index (κ3) is 4.52. The first-order valence-corrected chi connectivity index (χ1v) is 11.9. The lowest BCUT2D eigenvalue weighted by molar-refractivity contribution is -0.150. The Balaban J connectivity index is 1.43. The Labute approximate surface area is 200 Å². The highest BCUT2D eigenvalue weighted by atomic mass is 16.5. The van der Waals surface area contributed by atoms with Crippen molar-refractivity contribution in [1.82, 2.24) is 10.2 Å². The molecule has 3 atom stereocenters. The second kappa shape index (κ2) is 9.87. The van der Waals surface area contributed by atoms with Gasteiger partial charge in [-0.25, -0.2) is 4.79 Å². The Bertz CT molecular complexity index is 1040. The first kappa shape index (κ1) is 23.8. The zero-order valence-electron chi connectivity index (χ0n) is 19.9. The van der Waals surface area contributed by atoms with Gasteiger partial charge >= 0.3 is 12.1 Å². The average molecular weight is 465 g/mol. The fraction of sp³-hybridized carbons (Fsp3) is 0.444. The summed E-state index contributed by atoms with van der Waals surface area (Å²) in [6.07, 6.45) is 0.531. The minimum absolute atomic E-state index is 0.0650. The molecule has 1 aliphatic carbocycles. The molecule has 0 spiro atoms. The first-order valence-electron chi connectivity index (χ1n) is 11.9. The maximum atomic E-state index is 13.3. The molecule has 1 aliphatic heterocycles. The lowest BCUT2D eigenvalue weighted by atomic mass is 9.89. The van der Waals surface area contributed by atoms with Crippen LogP contribution in [0.1, 0.15) is 50.7 Å². The van der Waals surface area contributed by atoms with E-state index in [0.29, 0.717) is 19.4 Å². The minimum Gasteiger partial charge on any atom is -0.481 e. The van der Waals surface area contributed by atoms with E-state index in [9.17, 15) is 19.5 Å². The number of carboxylic acid groups (broad SMARTS) is 1. The molecule has 1 saturated heterocycles. The number of nitrogens with zero attached hydrogens (tertiary/aromatic N) is 1. The number of hydrogen-bond donors (Lipinski definition) is 2. The van der Waals surface area contributed by atoms with Gasteiger partial charge in [0.2, 0.25) is 5.91 Å². The highest BCUT2D eigenvalue weighted by molar-refractivity contribution is 5.87. The van der Waals surface area contributed by atoms with Gasteiger partial charge in [-0.15, -0.1) is 0 Å². The van der Waals surface area contributed by atoms with Crippen molar-refractivity contribution in [3.63, 3.8) is 0 Å². The number of piperidine rings is 1. The Morgan fingerprint density at radius 3 is 2.21 bits per heavy atom. The molecular formula is C27H32N2O5. The van der Waals surface area contributed by atoms with Crippen molar-refractivity contribution in [3.8, 4) is 11.1 Å². The van der Waals surface area contributed by atoms with E-state index in [1.807, 2.05) is 38.1 Å². The Hall–Kier alpha value is -3.35. The average Bonchev–Trinajstić information content (AvgIpc) is 3.14. The number of carbonyl (C=O) groups is 3. The number of likely N-dealkylation sites (tertiary alicyclic amines) is 1. The van der Waals surface area contributed by atoms with Crippen molar-refractivity contribution >= 4 is 18.0 Å². The van der Waals surface area contributed by atoms with Gasteiger partial charge in [0.15, 0.2) is 0 Å². The smallest absolute Gasteiger partial charge is 0.407 e. The van der Waals surface area contributed by atoms with Crippen LogP contribution in [-0.2, 0) is 14.3 Å². The predicted molar refractivity (Wildman–Crippen MR) is 128 cm³/mol. The van der Waals surface area contributed by atoms with Gasteiger partial charge in [-0.2, -0.15) is 0 Å². The van der Waals surface area contributed by atoms with Crippen LogP contribution >= 0.6 is 0 Å². The van der Waals surface area contributed by atoms with Crippen LogP contribution in [0.4, 0.5) is 4.79 Å². The van der Waals surface area contributed by atoms with Crippen LogP contribution in [0.2, 0.25) is 0 Å². The summed E-state index contributed by atoms with van der Waals surface area (Å²) < 4.78 is 5.63. The van der Waals surface area contributed by atoms with Gasteiger partial charge in [-0.1, -0.05) is 62.4 Å². The molecule has 0 aromatic heterocycles. The largest absolute Gasteiger partial charge is 0.481 e. The second-order valence-electron chi connectivity index (χ2n) is 9.55. The fourth-order valence-corrected chi connectivity index (χ4v) is 5.24. The van der Waals surface area contributed by atoms with Crippen LogP contribution in [0.25, 0.3) is 11.1 Å². The maximum absolute atomic E-state index is 13.3. The fourth-order valence-electron chi connectivity index (χ4n) is 5.24. The molecule has 1 fully saturated rings. The first-order chi connectivity index (χ1) is 16.3. The number of fused-ring (bicyclic) bond motifs is 3. The molecule has 0 radical (unpaired) electrons. The minimum atomic E-state index is -0.893. The van der Waals surface area contributed by atoms with Gasteiger partial charge in [-0.3, -0.25) is 9.59 Å². The summed E-state index contributed by atoms with van der Waals surface area (Å²) in [7, 11) is 0. The number of carbonyl (C=O) groups excluding carboxylic acids is 2. The standard InChI is InChI=1S/C27H32N2O5/c1-16(2)24(25(30)29-14-8-13-18(17(29)3)26(31)32)28-27(33)34-15-23-21-11-6-4-9-19(21)20-10-5-7-12-22(20)23/h4-7,9-12,16-18,23-24H,8,13-15H2,1-3H3,(H,28,33)(H,31,32)/t17-,18-,24+/m0/s1. The van der Waals surface area contributed by atoms with E-state index in [1.54, 1.807) is 11.8 Å². The van der Waals surface area contributed by atoms with Gasteiger partial charge in [0.25, 0.3) is 0 Å². The van der Waals surface area contributed by atoms with Crippen molar-refractivity contribution in [2.24, 2.45) is 11.8 Å². The number of carboxylic acids is 1. The van der Waals surface area contributed by atoms with Crippen LogP contribution in [0, 0.1) is 11.8 Å². The third-order valence-corrected chi connectivity index (χ3v) is 7.14. The molecule has 1 heterocycles. The lowest BCUT2D eigenvalue weighted by Crippen LogP contribution is -2.57. The summed E-state index contributed by atoms with van der Waals surface area (Å²) in [6, 6.07) is 15.0. The molecule has 2 N–H and O–H groups in total. The zero-order valence-corrected chi connectivity index (χ0v) is 19.9. The SMILES string of the molecule is CC(C)[C@@H](NC(=O)OCC1c2ccccc2-c2ccccc21)C(=O)N1CCC[C@H](C(=O)O)[C@@H]1C. The quantitative estimate of drug-likeness (QED) is 0.666. The van der Waals surface area contributed by atoms with E-state index in [-0.39, 0.29) is 24.3 Å². The molecule has 2 aliphatic rings. The highest BCUT2D eigenvalue weighted by Gasteiger charge is 2.39. The second-order valence-corrected chi connectivity index (χ2v) is 9.55. The molecule has 7 heteroatoms. The Morgan fingerprint density at radius 1 is 1.06 bits per heavy atom. The van der Waals surface area contributed by atoms with Crippen LogP contribution in [0.5, 0.6) is 0 Å². The van der Waals surface area contributed by atoms with E-state index < -0.39 is 30.1 Å². The monoisotopic (exact) mass is 464 g/mol. The number of nitrogens with one attached hydrogen (secondary N) is 1. The van der Waals surface area contributed by atoms with Crippen LogP contribution in [-0.4, -0.2) is 53.2 Å². The summed E-state index contributed by atoms with van der Waals surface area (Å²) in [5.74, 6) is -1.99. The molecule has 2 aromatic carbocycles. The van der Waals surface area contributed by atoms with E-state index in [0.717, 1.165) is 22.3 Å². The normalized spacial score (nSPS) is 20.4. The Kier molecular flexibility index (Phi) is 6.91. The van der Waals surface area contributed by atoms with Crippen molar-refractivity contribution in [3.05, 3.63) is 59.7 Å². The van der Waals surface area contributed by atoms with E-state index in [2.05, 4.69) is 29.6 Å². The van der Waals surface area contributed by atoms with E-state index in [1.165, 1.54) is 0 Å². The van der Waals surface area contributed by atoms with Gasteiger partial charge < -0.3 is 20.1 Å². The third-order valence-electron chi connectivity index (χ3n) is 7.14. The molecule has 4 rings (SSSR count). The zero-order chi connectivity index (χ0) is 24.4. The molecule has 7 nitrogen and oxygen atoms in total. The van der Waals surface area contributed by atoms with E-state index in [4.69, 9.17) is 4.74 Å². The molecule has 34 heavy (non-hydrogen) atoms. The number of alkyl carbamates (subject to hydrolysis) is 1. The topological polar surface area (TPSA) is 95.9 Å². The summed E-state index contributed by atoms with van der Waals surface area (Å²) in [4.78, 5) is 39.3. The number of amides is 2. The van der Waals surface area contributed by atoms with Crippen LogP contribution in [0.3, 0.4) is 0 Å². The summed E-state index contributed by atoms with van der Waals surface area (Å²) in [5.41, 5.74) is 4.54. The van der Waals surface area contributed by atoms with Crippen molar-refractivity contribution in [2.75, 3.05) is 13.2 Å². The van der Waals surface area contributed by atoms with Gasteiger partial charge in [0.1, 0.15) is 12.6 Å². The van der Waals surface area contributed by atoms with Crippen LogP contribution in [0.15, 0.2) is 48.5 Å². The van der Waals surface area contributed by atoms with Crippen molar-refractivity contribution in [2.45, 2.75) is 51.6 Å². The summed E-state index contributed by atoms with van der Waals surface area (Å²) in [5, 5.41) is 12.2. The van der Waals surface area contributed by atoms with Crippen LogP contribution < -0.4 is 5.32 Å². The van der Waals surface area contributed by atoms with Gasteiger partial charge in [-0.05, 0) is 47.9 Å². The molecule has 2 aromatic rings. The maximum Gasteiger partial charge on any atom is 0.407 e. The van der Waals surface area contributed by atoms with Crippen molar-refractivity contribution in [1.29, 1.82) is 0 Å². The van der Waals surface area contributed by atoms with E-state index >= 15 is 0 Å². The molecule has 0 bridgehead atoms. The number of ether oxygens (including phenoxy) is 1. The Morgan fingerprint density at radius 2 is 1.65 bits per heavy atom. The number of benzene rings is 2.